The minimum Gasteiger partial charge on any atom is -0.492 e. The highest BCUT2D eigenvalue weighted by Crippen LogP contribution is 2.21. The van der Waals surface area contributed by atoms with Crippen LogP contribution >= 0.6 is 12.2 Å². The number of carbonyl (C=O) groups is 1. The molecule has 0 aliphatic heterocycles. The van der Waals surface area contributed by atoms with E-state index >= 15 is 0 Å². The molecule has 4 nitrogen and oxygen atoms in total. The van der Waals surface area contributed by atoms with E-state index in [2.05, 4.69) is 12.2 Å². The molecule has 0 bridgehead atoms. The maximum absolute atomic E-state index is 13.5. The summed E-state index contributed by atoms with van der Waals surface area (Å²) in [6.45, 7) is 2.98. The lowest BCUT2D eigenvalue weighted by Gasteiger charge is -2.19. The molecule has 0 heterocycles. The van der Waals surface area contributed by atoms with E-state index in [0.717, 1.165) is 6.07 Å². The van der Waals surface area contributed by atoms with Crippen LogP contribution in [0.2, 0.25) is 0 Å². The minimum absolute atomic E-state index is 0.0371. The van der Waals surface area contributed by atoms with Gasteiger partial charge in [0.05, 0.1) is 5.41 Å². The van der Waals surface area contributed by atoms with Gasteiger partial charge in [0.1, 0.15) is 23.2 Å². The summed E-state index contributed by atoms with van der Waals surface area (Å²) in [4.78, 5) is 10.8. The van der Waals surface area contributed by atoms with Crippen molar-refractivity contribution >= 4 is 23.2 Å². The molecule has 0 atom stereocenters. The molecule has 0 amide bonds. The molecule has 6 heteroatoms. The fourth-order valence-corrected chi connectivity index (χ4v) is 1.28. The van der Waals surface area contributed by atoms with E-state index in [0.29, 0.717) is 0 Å². The Balaban J connectivity index is 2.79. The Morgan fingerprint density at radius 2 is 2.17 bits per heavy atom. The number of carboxylic acid groups (broad SMARTS) is 1. The van der Waals surface area contributed by atoms with Gasteiger partial charge in [0.15, 0.2) is 0 Å². The van der Waals surface area contributed by atoms with Gasteiger partial charge in [-0.3, -0.25) is 4.79 Å². The lowest BCUT2D eigenvalue weighted by Crippen LogP contribution is -2.30. The van der Waals surface area contributed by atoms with E-state index in [1.807, 2.05) is 0 Å². The van der Waals surface area contributed by atoms with Crippen LogP contribution in [0.15, 0.2) is 18.2 Å². The molecular weight excluding hydrogens is 257 g/mol. The van der Waals surface area contributed by atoms with E-state index in [1.165, 1.54) is 26.0 Å². The Kier molecular flexibility index (Phi) is 4.24. The number of nitrogens with two attached hydrogens (primary N) is 1. The maximum Gasteiger partial charge on any atom is 0.312 e. The van der Waals surface area contributed by atoms with Crippen molar-refractivity contribution in [2.75, 3.05) is 6.61 Å². The Bertz CT molecular complexity index is 488. The quantitative estimate of drug-likeness (QED) is 0.801. The highest BCUT2D eigenvalue weighted by Gasteiger charge is 2.28. The van der Waals surface area contributed by atoms with Crippen LogP contribution in [0.3, 0.4) is 0 Å². The molecule has 3 N–H and O–H groups in total. The van der Waals surface area contributed by atoms with Crippen molar-refractivity contribution in [3.8, 4) is 5.75 Å². The molecule has 98 valence electrons. The first-order valence-electron chi connectivity index (χ1n) is 5.19. The summed E-state index contributed by atoms with van der Waals surface area (Å²) >= 11 is 4.67. The molecule has 0 unspecified atom stereocenters. The normalized spacial score (nSPS) is 11.1. The smallest absolute Gasteiger partial charge is 0.312 e. The van der Waals surface area contributed by atoms with Gasteiger partial charge in [-0.1, -0.05) is 12.2 Å². The van der Waals surface area contributed by atoms with Crippen LogP contribution in [0.1, 0.15) is 19.4 Å². The molecule has 1 aromatic carbocycles. The third-order valence-electron chi connectivity index (χ3n) is 2.38. The maximum atomic E-state index is 13.5. The summed E-state index contributed by atoms with van der Waals surface area (Å²) in [5.74, 6) is -1.34. The number of rotatable bonds is 5. The average Bonchev–Trinajstić information content (AvgIpc) is 2.25. The second-order valence-corrected chi connectivity index (χ2v) is 4.92. The highest BCUT2D eigenvalue weighted by atomic mass is 32.1. The predicted molar refractivity (Wildman–Crippen MR) is 69.2 cm³/mol. The third kappa shape index (κ3) is 3.40. The van der Waals surface area contributed by atoms with E-state index in [1.54, 1.807) is 0 Å². The molecule has 0 saturated carbocycles. The minimum atomic E-state index is -1.04. The summed E-state index contributed by atoms with van der Waals surface area (Å²) in [6, 6.07) is 4.03. The average molecular weight is 271 g/mol. The van der Waals surface area contributed by atoms with Crippen LogP contribution in [0.25, 0.3) is 0 Å². The summed E-state index contributed by atoms with van der Waals surface area (Å²) in [5.41, 5.74) is 4.41. The topological polar surface area (TPSA) is 72.5 Å². The van der Waals surface area contributed by atoms with Crippen molar-refractivity contribution in [2.45, 2.75) is 13.8 Å². The summed E-state index contributed by atoms with van der Waals surface area (Å²) in [7, 11) is 0. The third-order valence-corrected chi connectivity index (χ3v) is 2.60. The van der Waals surface area contributed by atoms with E-state index in [-0.39, 0.29) is 22.9 Å². The molecule has 0 radical (unpaired) electrons. The van der Waals surface area contributed by atoms with Gasteiger partial charge in [-0.05, 0) is 26.0 Å². The second-order valence-electron chi connectivity index (χ2n) is 4.48. The molecule has 0 saturated heterocycles. The molecule has 1 aromatic rings. The highest BCUT2D eigenvalue weighted by molar-refractivity contribution is 7.80. The fraction of sp³-hybridized carbons (Fsp3) is 0.333. The van der Waals surface area contributed by atoms with Crippen molar-refractivity contribution in [3.63, 3.8) is 0 Å². The molecular formula is C12H14FNO3S. The molecule has 0 aliphatic rings. The molecule has 0 fully saturated rings. The van der Waals surface area contributed by atoms with Gasteiger partial charge >= 0.3 is 5.97 Å². The second kappa shape index (κ2) is 5.30. The number of ether oxygens (including phenoxy) is 1. The van der Waals surface area contributed by atoms with Gasteiger partial charge in [0, 0.05) is 11.6 Å². The standard InChI is InChI=1S/C12H14FNO3S/c1-12(2,11(15)16)6-17-7-3-4-8(10(14)18)9(13)5-7/h3-5H,6H2,1-2H3,(H2,14,18)(H,15,16). The van der Waals surface area contributed by atoms with E-state index in [4.69, 9.17) is 15.6 Å². The van der Waals surface area contributed by atoms with Crippen molar-refractivity contribution in [1.82, 2.24) is 0 Å². The number of hydrogen-bond acceptors (Lipinski definition) is 3. The SMILES string of the molecule is CC(C)(COc1ccc(C(N)=S)c(F)c1)C(=O)O. The lowest BCUT2D eigenvalue weighted by molar-refractivity contribution is -0.148. The Labute approximate surface area is 110 Å². The van der Waals surface area contributed by atoms with Crippen LogP contribution in [-0.4, -0.2) is 22.7 Å². The van der Waals surface area contributed by atoms with E-state index in [9.17, 15) is 9.18 Å². The number of halogens is 1. The Hall–Kier alpha value is -1.69. The summed E-state index contributed by atoms with van der Waals surface area (Å²) < 4.78 is 18.8. The van der Waals surface area contributed by atoms with Crippen LogP contribution in [0, 0.1) is 11.2 Å². The Morgan fingerprint density at radius 1 is 1.56 bits per heavy atom. The van der Waals surface area contributed by atoms with Gasteiger partial charge < -0.3 is 15.6 Å². The molecule has 0 aliphatic carbocycles. The van der Waals surface area contributed by atoms with Gasteiger partial charge in [0.2, 0.25) is 0 Å². The number of thiocarbonyl (C=S) groups is 1. The number of hydrogen-bond donors (Lipinski definition) is 2. The van der Waals surface area contributed by atoms with Crippen LogP contribution in [0.4, 0.5) is 4.39 Å². The fourth-order valence-electron chi connectivity index (χ4n) is 1.11. The molecule has 0 aromatic heterocycles. The zero-order chi connectivity index (χ0) is 13.9. The zero-order valence-electron chi connectivity index (χ0n) is 10.1. The number of benzene rings is 1. The molecule has 18 heavy (non-hydrogen) atoms. The van der Waals surface area contributed by atoms with E-state index < -0.39 is 17.2 Å². The van der Waals surface area contributed by atoms with Gasteiger partial charge in [0.25, 0.3) is 0 Å². The lowest BCUT2D eigenvalue weighted by atomic mass is 9.95. The number of aliphatic carboxylic acids is 1. The van der Waals surface area contributed by atoms with Gasteiger partial charge in [-0.25, -0.2) is 4.39 Å². The Morgan fingerprint density at radius 3 is 2.61 bits per heavy atom. The van der Waals surface area contributed by atoms with Crippen molar-refractivity contribution in [2.24, 2.45) is 11.1 Å². The van der Waals surface area contributed by atoms with Crippen LogP contribution in [0.5, 0.6) is 5.75 Å². The molecule has 1 rings (SSSR count). The predicted octanol–water partition coefficient (Wildman–Crippen LogP) is 1.95. The largest absolute Gasteiger partial charge is 0.492 e. The van der Waals surface area contributed by atoms with Crippen LogP contribution in [-0.2, 0) is 4.79 Å². The summed E-state index contributed by atoms with van der Waals surface area (Å²) in [6.07, 6.45) is 0. The van der Waals surface area contributed by atoms with Crippen molar-refractivity contribution in [1.29, 1.82) is 0 Å². The van der Waals surface area contributed by atoms with Crippen molar-refractivity contribution < 1.29 is 19.0 Å². The zero-order valence-corrected chi connectivity index (χ0v) is 10.9. The summed E-state index contributed by atoms with van der Waals surface area (Å²) in [5, 5.41) is 8.90. The van der Waals surface area contributed by atoms with Crippen LogP contribution < -0.4 is 10.5 Å². The first kappa shape index (κ1) is 14.4. The van der Waals surface area contributed by atoms with Gasteiger partial charge in [-0.15, -0.1) is 0 Å². The number of carboxylic acids is 1. The first-order valence-corrected chi connectivity index (χ1v) is 5.60. The van der Waals surface area contributed by atoms with Gasteiger partial charge in [-0.2, -0.15) is 0 Å². The molecule has 0 spiro atoms. The monoisotopic (exact) mass is 271 g/mol. The van der Waals surface area contributed by atoms with Crippen molar-refractivity contribution in [3.05, 3.63) is 29.6 Å². The first-order chi connectivity index (χ1) is 8.24.